The fourth-order valence-corrected chi connectivity index (χ4v) is 2.01. The van der Waals surface area contributed by atoms with E-state index in [1.807, 2.05) is 0 Å². The Bertz CT molecular complexity index is 607. The van der Waals surface area contributed by atoms with Crippen LogP contribution in [0.3, 0.4) is 0 Å². The maximum atomic E-state index is 12.1. The molecule has 1 aromatic rings. The Hall–Kier alpha value is -2.81. The van der Waals surface area contributed by atoms with Gasteiger partial charge in [-0.05, 0) is 12.1 Å². The highest BCUT2D eigenvalue weighted by Gasteiger charge is 2.30. The lowest BCUT2D eigenvalue weighted by molar-refractivity contribution is -0.128. The summed E-state index contributed by atoms with van der Waals surface area (Å²) in [6, 6.07) is 4.31. The predicted octanol–water partition coefficient (Wildman–Crippen LogP) is -1.21. The summed E-state index contributed by atoms with van der Waals surface area (Å²) in [6.07, 6.45) is 0. The fourth-order valence-electron chi connectivity index (χ4n) is 2.01. The van der Waals surface area contributed by atoms with Crippen LogP contribution >= 0.6 is 0 Å². The number of benzene rings is 1. The molecular formula is C14H18N4O5. The maximum absolute atomic E-state index is 12.1. The summed E-state index contributed by atoms with van der Waals surface area (Å²) in [5.41, 5.74) is 0.470. The van der Waals surface area contributed by atoms with E-state index in [0.29, 0.717) is 11.4 Å². The minimum absolute atomic E-state index is 0.125. The van der Waals surface area contributed by atoms with E-state index < -0.39 is 36.5 Å². The molecule has 0 saturated carbocycles. The second-order valence-corrected chi connectivity index (χ2v) is 4.87. The highest BCUT2D eigenvalue weighted by atomic mass is 16.5. The Morgan fingerprint density at radius 1 is 1.48 bits per heavy atom. The number of nitrogens with one attached hydrogen (secondary N) is 4. The number of carbonyl (C=O) groups excluding carboxylic acids is 3. The molecule has 9 nitrogen and oxygen atoms in total. The van der Waals surface area contributed by atoms with Gasteiger partial charge in [0, 0.05) is 18.3 Å². The molecular weight excluding hydrogens is 304 g/mol. The molecule has 4 amide bonds. The number of carbonyl (C=O) groups is 3. The minimum atomic E-state index is -1.13. The maximum Gasteiger partial charge on any atom is 0.315 e. The number of methoxy groups -OCH3 is 1. The van der Waals surface area contributed by atoms with E-state index >= 15 is 0 Å². The Morgan fingerprint density at radius 2 is 2.26 bits per heavy atom. The molecule has 2 atom stereocenters. The first kappa shape index (κ1) is 16.6. The van der Waals surface area contributed by atoms with Gasteiger partial charge in [-0.2, -0.15) is 0 Å². The number of anilines is 1. The summed E-state index contributed by atoms with van der Waals surface area (Å²) in [4.78, 5) is 35.1. The molecule has 1 aliphatic heterocycles. The first-order chi connectivity index (χ1) is 11.0. The molecule has 1 heterocycles. The first-order valence-corrected chi connectivity index (χ1v) is 6.94. The summed E-state index contributed by atoms with van der Waals surface area (Å²) in [5, 5.41) is 19.1. The van der Waals surface area contributed by atoms with Gasteiger partial charge in [0.05, 0.1) is 13.7 Å². The van der Waals surface area contributed by atoms with Crippen molar-refractivity contribution in [3.05, 3.63) is 24.3 Å². The Labute approximate surface area is 132 Å². The van der Waals surface area contributed by atoms with Crippen molar-refractivity contribution in [2.24, 2.45) is 0 Å². The molecule has 0 bridgehead atoms. The van der Waals surface area contributed by atoms with E-state index in [-0.39, 0.29) is 6.54 Å². The van der Waals surface area contributed by atoms with Gasteiger partial charge in [-0.25, -0.2) is 4.79 Å². The van der Waals surface area contributed by atoms with Gasteiger partial charge in [-0.1, -0.05) is 6.07 Å². The Balaban J connectivity index is 1.95. The normalized spacial score (nSPS) is 17.7. The Kier molecular flexibility index (Phi) is 5.36. The van der Waals surface area contributed by atoms with E-state index in [2.05, 4.69) is 21.3 Å². The molecule has 9 heteroatoms. The number of ether oxygens (including phenoxy) is 1. The van der Waals surface area contributed by atoms with Gasteiger partial charge in [-0.3, -0.25) is 9.59 Å². The van der Waals surface area contributed by atoms with Crippen LogP contribution in [0.5, 0.6) is 5.75 Å². The van der Waals surface area contributed by atoms with Crippen LogP contribution in [0.2, 0.25) is 0 Å². The van der Waals surface area contributed by atoms with Crippen LogP contribution in [-0.4, -0.2) is 55.3 Å². The quantitative estimate of drug-likeness (QED) is 0.449. The molecule has 1 aromatic carbocycles. The Morgan fingerprint density at radius 3 is 2.87 bits per heavy atom. The molecule has 23 heavy (non-hydrogen) atoms. The number of aliphatic hydroxyl groups excluding tert-OH is 1. The van der Waals surface area contributed by atoms with Crippen LogP contribution in [0.4, 0.5) is 10.5 Å². The van der Waals surface area contributed by atoms with Gasteiger partial charge in [0.25, 0.3) is 0 Å². The zero-order valence-electron chi connectivity index (χ0n) is 12.5. The standard InChI is InChI=1S/C14H18N4O5/c1-23-9-4-2-3-8(5-9)16-13(21)11(7-19)17-12(20)10-6-15-14(22)18-10/h2-5,10-11,19H,6-7H2,1H3,(H,16,21)(H,17,20)(H2,15,18,22). The van der Waals surface area contributed by atoms with Gasteiger partial charge in [0.1, 0.15) is 17.8 Å². The number of amides is 4. The number of urea groups is 1. The lowest BCUT2D eigenvalue weighted by atomic mass is 10.2. The monoisotopic (exact) mass is 322 g/mol. The lowest BCUT2D eigenvalue weighted by Crippen LogP contribution is -2.52. The average molecular weight is 322 g/mol. The van der Waals surface area contributed by atoms with Gasteiger partial charge < -0.3 is 31.1 Å². The number of hydrogen-bond acceptors (Lipinski definition) is 5. The van der Waals surface area contributed by atoms with Crippen molar-refractivity contribution >= 4 is 23.5 Å². The van der Waals surface area contributed by atoms with E-state index in [4.69, 9.17) is 4.74 Å². The van der Waals surface area contributed by atoms with Gasteiger partial charge in [-0.15, -0.1) is 0 Å². The zero-order valence-corrected chi connectivity index (χ0v) is 12.5. The van der Waals surface area contributed by atoms with Crippen molar-refractivity contribution < 1.29 is 24.2 Å². The van der Waals surface area contributed by atoms with Crippen LogP contribution in [0.25, 0.3) is 0 Å². The summed E-state index contributed by atoms with van der Waals surface area (Å²) in [7, 11) is 1.50. The van der Waals surface area contributed by atoms with E-state index in [1.165, 1.54) is 7.11 Å². The van der Waals surface area contributed by atoms with Crippen molar-refractivity contribution in [1.29, 1.82) is 0 Å². The van der Waals surface area contributed by atoms with Crippen LogP contribution in [0, 0.1) is 0 Å². The summed E-state index contributed by atoms with van der Waals surface area (Å²) >= 11 is 0. The zero-order chi connectivity index (χ0) is 16.8. The third kappa shape index (κ3) is 4.33. The molecule has 0 aliphatic carbocycles. The average Bonchev–Trinajstić information content (AvgIpc) is 2.99. The molecule has 2 rings (SSSR count). The van der Waals surface area contributed by atoms with Crippen molar-refractivity contribution in [2.45, 2.75) is 12.1 Å². The molecule has 0 spiro atoms. The third-order valence-corrected chi connectivity index (χ3v) is 3.24. The second-order valence-electron chi connectivity index (χ2n) is 4.87. The SMILES string of the molecule is COc1cccc(NC(=O)C(CO)NC(=O)C2CNC(=O)N2)c1. The van der Waals surface area contributed by atoms with Crippen molar-refractivity contribution in [3.63, 3.8) is 0 Å². The van der Waals surface area contributed by atoms with Gasteiger partial charge >= 0.3 is 6.03 Å². The van der Waals surface area contributed by atoms with Crippen molar-refractivity contribution in [2.75, 3.05) is 25.6 Å². The fraction of sp³-hybridized carbons (Fsp3) is 0.357. The van der Waals surface area contributed by atoms with Crippen LogP contribution < -0.4 is 26.0 Å². The summed E-state index contributed by atoms with van der Waals surface area (Å²) in [5.74, 6) is -0.568. The number of rotatable bonds is 6. The highest BCUT2D eigenvalue weighted by Crippen LogP contribution is 2.16. The number of hydrogen-bond donors (Lipinski definition) is 5. The van der Waals surface area contributed by atoms with Crippen LogP contribution in [0.15, 0.2) is 24.3 Å². The predicted molar refractivity (Wildman–Crippen MR) is 81.0 cm³/mol. The van der Waals surface area contributed by atoms with Crippen molar-refractivity contribution in [3.8, 4) is 5.75 Å². The molecule has 124 valence electrons. The molecule has 1 saturated heterocycles. The summed E-state index contributed by atoms with van der Waals surface area (Å²) in [6.45, 7) is -0.448. The van der Waals surface area contributed by atoms with E-state index in [0.717, 1.165) is 0 Å². The molecule has 0 radical (unpaired) electrons. The third-order valence-electron chi connectivity index (χ3n) is 3.24. The van der Waals surface area contributed by atoms with Crippen LogP contribution in [-0.2, 0) is 9.59 Å². The molecule has 1 fully saturated rings. The van der Waals surface area contributed by atoms with E-state index in [9.17, 15) is 19.5 Å². The lowest BCUT2D eigenvalue weighted by Gasteiger charge is -2.18. The van der Waals surface area contributed by atoms with Crippen molar-refractivity contribution in [1.82, 2.24) is 16.0 Å². The molecule has 1 aliphatic rings. The summed E-state index contributed by atoms with van der Waals surface area (Å²) < 4.78 is 5.05. The highest BCUT2D eigenvalue weighted by molar-refractivity contribution is 5.99. The molecule has 2 unspecified atom stereocenters. The smallest absolute Gasteiger partial charge is 0.315 e. The second kappa shape index (κ2) is 7.45. The first-order valence-electron chi connectivity index (χ1n) is 6.94. The minimum Gasteiger partial charge on any atom is -0.497 e. The topological polar surface area (TPSA) is 129 Å². The van der Waals surface area contributed by atoms with E-state index in [1.54, 1.807) is 24.3 Å². The number of aliphatic hydroxyl groups is 1. The van der Waals surface area contributed by atoms with Gasteiger partial charge in [0.2, 0.25) is 11.8 Å². The molecule has 0 aromatic heterocycles. The van der Waals surface area contributed by atoms with Gasteiger partial charge in [0.15, 0.2) is 0 Å². The molecule has 5 N–H and O–H groups in total. The van der Waals surface area contributed by atoms with Crippen LogP contribution in [0.1, 0.15) is 0 Å². The largest absolute Gasteiger partial charge is 0.497 e.